The average molecular weight is 994 g/mol. The van der Waals surface area contributed by atoms with Gasteiger partial charge in [-0.3, -0.25) is 9.59 Å². The second-order valence-electron chi connectivity index (χ2n) is 23.2. The summed E-state index contributed by atoms with van der Waals surface area (Å²) in [5.74, 6) is 2.36. The Morgan fingerprint density at radius 3 is 1.55 bits per heavy atom. The lowest BCUT2D eigenvalue weighted by Gasteiger charge is -2.64. The summed E-state index contributed by atoms with van der Waals surface area (Å²) in [5, 5.41) is 11.9. The molecule has 4 N–H and O–H groups in total. The average Bonchev–Trinajstić information content (AvgIpc) is 4.19. The van der Waals surface area contributed by atoms with E-state index in [0.717, 1.165) is 43.9 Å². The van der Waals surface area contributed by atoms with E-state index in [1.807, 2.05) is 36.4 Å². The molecule has 2 aromatic carbocycles. The number of benzene rings is 2. The van der Waals surface area contributed by atoms with Crippen LogP contribution in [0.15, 0.2) is 86.0 Å². The maximum atomic E-state index is 13.0. The largest absolute Gasteiger partial charge is 0.482 e. The molecule has 10 fully saturated rings. The number of nitrogens with zero attached hydrogens (tertiary/aromatic N) is 1. The fourth-order valence-electron chi connectivity index (χ4n) is 13.9. The molecule has 0 radical (unpaired) electrons. The molecule has 3 aliphatic heterocycles. The van der Waals surface area contributed by atoms with Gasteiger partial charge in [-0.1, -0.05) is 114 Å². The minimum Gasteiger partial charge on any atom is -0.404 e. The molecule has 7 saturated carbocycles. The molecule has 71 heavy (non-hydrogen) atoms. The second-order valence-corrected chi connectivity index (χ2v) is 23.5. The summed E-state index contributed by atoms with van der Waals surface area (Å²) in [5.41, 5.74) is 2.28. The Morgan fingerprint density at radius 2 is 1.13 bits per heavy atom. The molecule has 7 aliphatic carbocycles. The molecule has 0 spiro atoms. The van der Waals surface area contributed by atoms with E-state index in [2.05, 4.69) is 100 Å². The molecule has 11 atom stereocenters. The van der Waals surface area contributed by atoms with Crippen molar-refractivity contribution in [3.63, 3.8) is 0 Å². The number of carbonyl (C=O) groups is 4. The number of rotatable bonds is 14. The number of likely N-dealkylation sites (tertiary alicyclic amines) is 1. The minimum atomic E-state index is -0.509. The number of amides is 5. The monoisotopic (exact) mass is 994 g/mol. The SMILES string of the molecule is C=CC(=O)Cl.C=CC(=O)N1CCC[C@@H]1CNC(=O)N[C@@H](Cc1ccccc1)B1O[C@@H]2C[C@@H]3C[C@@H](C3(C)C)[C@]2(C)O1.CC1(C)[C@@H]2C[C@H]3OB([C@H](Cc4ccccc4)NC(=O)NCC4CCCC4)O[C@@]3(C)[C@H]1C2. The first kappa shape index (κ1) is 53.2. The molecule has 3 heterocycles. The van der Waals surface area contributed by atoms with E-state index in [4.69, 9.17) is 30.2 Å². The van der Waals surface area contributed by atoms with Gasteiger partial charge in [-0.05, 0) is 153 Å². The highest BCUT2D eigenvalue weighted by molar-refractivity contribution is 6.66. The molecule has 3 saturated heterocycles. The molecule has 10 aliphatic rings. The lowest BCUT2D eigenvalue weighted by Crippen LogP contribution is -2.65. The fourth-order valence-corrected chi connectivity index (χ4v) is 13.9. The van der Waals surface area contributed by atoms with Crippen LogP contribution in [0.4, 0.5) is 9.59 Å². The Balaban J connectivity index is 0.000000175. The summed E-state index contributed by atoms with van der Waals surface area (Å²) >= 11 is 4.71. The third-order valence-electron chi connectivity index (χ3n) is 18.3. The van der Waals surface area contributed by atoms with Crippen LogP contribution in [0.3, 0.4) is 0 Å². The van der Waals surface area contributed by atoms with E-state index in [0.29, 0.717) is 60.9 Å². The summed E-state index contributed by atoms with van der Waals surface area (Å²) in [4.78, 5) is 49.2. The van der Waals surface area contributed by atoms with Gasteiger partial charge in [-0.15, -0.1) is 0 Å². The van der Waals surface area contributed by atoms with E-state index in [1.54, 1.807) is 4.90 Å². The Bertz CT molecular complexity index is 2220. The zero-order valence-electron chi connectivity index (χ0n) is 43.0. The number of nitrogens with one attached hydrogen (secondary N) is 4. The standard InChI is InChI=1S/C27H38BN3O4.C25H37BN2O3.C3H3ClO/c1-5-24(32)31-13-9-12-20(31)17-29-25(33)30-23(14-18-10-7-6-8-11-18)28-34-22-16-19-15-21(26(19,2)3)27(22,4)35-28;1-24(2)19-14-20(24)25(3)21(15-19)30-26(31-25)22(13-17-9-5-4-6-10-17)28-23(29)27-16-18-11-7-8-12-18;1-2-3(4)5/h5-8,10-11,19-23H,1,9,12-17H2,2-4H3,(H2,29,30,33);4-6,9-10,18-22H,7-8,11-16H2,1-3H3,(H2,27,28,29);2H,1H2/t19-,20+,21-,22+,23-,27-;19-,20-,21+,22-,25-;/m00./s1. The van der Waals surface area contributed by atoms with Crippen molar-refractivity contribution in [2.75, 3.05) is 19.6 Å². The zero-order chi connectivity index (χ0) is 50.7. The first-order chi connectivity index (χ1) is 33.8. The maximum Gasteiger partial charge on any atom is 0.482 e. The van der Waals surface area contributed by atoms with Gasteiger partial charge in [0.2, 0.25) is 11.1 Å². The van der Waals surface area contributed by atoms with E-state index in [1.165, 1.54) is 50.2 Å². The third kappa shape index (κ3) is 11.5. The Kier molecular flexibility index (Phi) is 16.6. The quantitative estimate of drug-likeness (QED) is 0.0833. The predicted molar refractivity (Wildman–Crippen MR) is 279 cm³/mol. The first-order valence-corrected chi connectivity index (χ1v) is 26.8. The van der Waals surface area contributed by atoms with Gasteiger partial charge in [0, 0.05) is 25.7 Å². The van der Waals surface area contributed by atoms with E-state index in [9.17, 15) is 19.2 Å². The molecule has 0 aromatic heterocycles. The van der Waals surface area contributed by atoms with Crippen molar-refractivity contribution in [3.05, 3.63) is 97.1 Å². The van der Waals surface area contributed by atoms with Crippen LogP contribution >= 0.6 is 11.6 Å². The summed E-state index contributed by atoms with van der Waals surface area (Å²) in [7, 11) is -0.918. The molecular weight excluding hydrogens is 916 g/mol. The van der Waals surface area contributed by atoms with Crippen LogP contribution in [0.1, 0.15) is 117 Å². The Morgan fingerprint density at radius 1 is 0.676 bits per heavy atom. The van der Waals surface area contributed by atoms with E-state index in [-0.39, 0.29) is 64.7 Å². The first-order valence-electron chi connectivity index (χ1n) is 26.4. The van der Waals surface area contributed by atoms with Crippen molar-refractivity contribution in [1.82, 2.24) is 26.2 Å². The van der Waals surface area contributed by atoms with Crippen LogP contribution in [0.5, 0.6) is 0 Å². The Labute approximate surface area is 428 Å². The third-order valence-corrected chi connectivity index (χ3v) is 18.5. The van der Waals surface area contributed by atoms with Gasteiger partial charge in [-0.25, -0.2) is 9.59 Å². The van der Waals surface area contributed by atoms with Crippen LogP contribution in [0.2, 0.25) is 0 Å². The van der Waals surface area contributed by atoms with Crippen LogP contribution in [0.25, 0.3) is 0 Å². The number of allylic oxidation sites excluding steroid dienone is 1. The summed E-state index contributed by atoms with van der Waals surface area (Å²) < 4.78 is 26.4. The van der Waals surface area contributed by atoms with E-state index < -0.39 is 19.5 Å². The van der Waals surface area contributed by atoms with Crippen LogP contribution < -0.4 is 21.3 Å². The lowest BCUT2D eigenvalue weighted by molar-refractivity contribution is -0.199. The number of hydrogen-bond donors (Lipinski definition) is 4. The second kappa shape index (κ2) is 22.1. The molecule has 2 aromatic rings. The molecule has 12 rings (SSSR count). The van der Waals surface area contributed by atoms with Gasteiger partial charge < -0.3 is 44.8 Å². The molecule has 13 nitrogen and oxygen atoms in total. The minimum absolute atomic E-state index is 0.00591. The maximum absolute atomic E-state index is 13.0. The van der Waals surface area contributed by atoms with Crippen molar-refractivity contribution in [2.45, 2.75) is 160 Å². The number of urea groups is 2. The molecule has 16 heteroatoms. The van der Waals surface area contributed by atoms with Gasteiger partial charge in [0.05, 0.1) is 35.3 Å². The molecule has 384 valence electrons. The molecular formula is C55H78B2ClN5O8. The highest BCUT2D eigenvalue weighted by Gasteiger charge is 2.70. The number of hydrogen-bond acceptors (Lipinski definition) is 8. The van der Waals surface area contributed by atoms with Crippen LogP contribution in [-0.4, -0.2) is 103 Å². The van der Waals surface area contributed by atoms with Crippen molar-refractivity contribution in [2.24, 2.45) is 40.4 Å². The van der Waals surface area contributed by atoms with Gasteiger partial charge in [0.25, 0.3) is 0 Å². The lowest BCUT2D eigenvalue weighted by atomic mass is 9.43. The van der Waals surface area contributed by atoms with Gasteiger partial charge >= 0.3 is 26.3 Å². The van der Waals surface area contributed by atoms with Crippen molar-refractivity contribution in [1.29, 1.82) is 0 Å². The topological polar surface area (TPSA) is 157 Å². The highest BCUT2D eigenvalue weighted by atomic mass is 35.5. The summed E-state index contributed by atoms with van der Waals surface area (Å²) in [6.07, 6.45) is 15.2. The smallest absolute Gasteiger partial charge is 0.404 e. The van der Waals surface area contributed by atoms with Crippen molar-refractivity contribution < 1.29 is 37.8 Å². The van der Waals surface area contributed by atoms with Gasteiger partial charge in [0.1, 0.15) is 0 Å². The van der Waals surface area contributed by atoms with E-state index >= 15 is 0 Å². The van der Waals surface area contributed by atoms with Gasteiger partial charge in [-0.2, -0.15) is 0 Å². The zero-order valence-corrected chi connectivity index (χ0v) is 43.7. The number of halogens is 1. The van der Waals surface area contributed by atoms with Crippen LogP contribution in [0, 0.1) is 40.4 Å². The Hall–Kier alpha value is -4.14. The molecule has 5 amide bonds. The van der Waals surface area contributed by atoms with Crippen molar-refractivity contribution >= 4 is 49.0 Å². The van der Waals surface area contributed by atoms with Gasteiger partial charge in [0.15, 0.2) is 0 Å². The number of carbonyl (C=O) groups excluding carboxylic acids is 4. The van der Waals surface area contributed by atoms with Crippen molar-refractivity contribution in [3.8, 4) is 0 Å². The molecule has 0 unspecified atom stereocenters. The van der Waals surface area contributed by atoms with Crippen LogP contribution in [-0.2, 0) is 41.0 Å². The normalized spacial score (nSPS) is 32.1. The molecule has 4 bridgehead atoms. The highest BCUT2D eigenvalue weighted by Crippen LogP contribution is 2.67. The summed E-state index contributed by atoms with van der Waals surface area (Å²) in [6.45, 7) is 22.4. The fraction of sp³-hybridized carbons (Fsp3) is 0.636. The predicted octanol–water partition coefficient (Wildman–Crippen LogP) is 8.63. The summed E-state index contributed by atoms with van der Waals surface area (Å²) in [6, 6.07) is 20.1.